The normalized spacial score (nSPS) is 12.3. The van der Waals surface area contributed by atoms with E-state index < -0.39 is 17.4 Å². The number of H-pyrrole nitrogens is 1. The van der Waals surface area contributed by atoms with Crippen molar-refractivity contribution >= 4 is 28.5 Å². The molecule has 0 saturated carbocycles. The van der Waals surface area contributed by atoms with E-state index in [0.717, 1.165) is 6.07 Å². The molecule has 0 fully saturated rings. The van der Waals surface area contributed by atoms with Crippen molar-refractivity contribution in [3.63, 3.8) is 0 Å². The Morgan fingerprint density at radius 1 is 1.33 bits per heavy atom. The minimum Gasteiger partial charge on any atom is -0.364 e. The minimum atomic E-state index is -0.577. The molecule has 0 amide bonds. The number of halogens is 2. The smallest absolute Gasteiger partial charge is 0.253 e. The Hall–Kier alpha value is -3.26. The lowest BCUT2D eigenvalue weighted by atomic mass is 10.1. The fraction of sp³-hybridized carbons (Fsp3) is 0.111. The second-order valence-electron chi connectivity index (χ2n) is 5.95. The van der Waals surface area contributed by atoms with E-state index in [1.54, 1.807) is 37.5 Å². The Labute approximate surface area is 157 Å². The van der Waals surface area contributed by atoms with E-state index in [1.807, 2.05) is 0 Å². The highest BCUT2D eigenvalue weighted by molar-refractivity contribution is 6.31. The lowest BCUT2D eigenvalue weighted by Crippen LogP contribution is -2.20. The van der Waals surface area contributed by atoms with E-state index in [-0.39, 0.29) is 10.5 Å². The zero-order chi connectivity index (χ0) is 19.0. The molecular weight excluding hydrogens is 373 g/mol. The first-order chi connectivity index (χ1) is 13.0. The van der Waals surface area contributed by atoms with Gasteiger partial charge in [0.1, 0.15) is 12.1 Å². The Morgan fingerprint density at radius 3 is 2.96 bits per heavy atom. The van der Waals surface area contributed by atoms with Gasteiger partial charge in [0, 0.05) is 22.2 Å². The Morgan fingerprint density at radius 2 is 2.19 bits per heavy atom. The molecule has 27 heavy (non-hydrogen) atoms. The van der Waals surface area contributed by atoms with Crippen LogP contribution in [0.1, 0.15) is 18.5 Å². The van der Waals surface area contributed by atoms with Gasteiger partial charge in [0.25, 0.3) is 5.56 Å². The number of aromatic amines is 1. The van der Waals surface area contributed by atoms with Crippen molar-refractivity contribution in [2.75, 3.05) is 5.32 Å². The first kappa shape index (κ1) is 17.2. The summed E-state index contributed by atoms with van der Waals surface area (Å²) in [4.78, 5) is 23.5. The topological polar surface area (TPSA) is 96.7 Å². The van der Waals surface area contributed by atoms with Crippen molar-refractivity contribution in [3.8, 4) is 11.3 Å². The van der Waals surface area contributed by atoms with Crippen molar-refractivity contribution < 1.29 is 8.91 Å². The third-order valence-electron chi connectivity index (χ3n) is 4.09. The molecule has 4 rings (SSSR count). The van der Waals surface area contributed by atoms with Crippen molar-refractivity contribution in [1.29, 1.82) is 0 Å². The Balaban J connectivity index is 1.67. The standard InChI is InChI=1S/C18H13ClFN5O2/c1-9(23-18-21-3-2-15(24-18)11-7-22-27-8-11)13-5-10-4-12(19)6-14(20)16(10)25-17(13)26/h2-9H,1H3,(H,25,26)(H,21,23,24)/t9-/m0/s1. The molecule has 9 heteroatoms. The molecule has 0 aliphatic rings. The summed E-state index contributed by atoms with van der Waals surface area (Å²) in [7, 11) is 0. The first-order valence-corrected chi connectivity index (χ1v) is 8.40. The molecule has 0 bridgehead atoms. The van der Waals surface area contributed by atoms with Crippen LogP contribution in [-0.4, -0.2) is 20.1 Å². The molecule has 0 radical (unpaired) electrons. The SMILES string of the molecule is C[C@H](Nc1nccc(-c2cnoc2)n1)c1cc2cc(Cl)cc(F)c2[nH]c1=O. The molecule has 3 aromatic heterocycles. The summed E-state index contributed by atoms with van der Waals surface area (Å²) in [6, 6.07) is 5.64. The second-order valence-corrected chi connectivity index (χ2v) is 6.39. The second kappa shape index (κ2) is 6.81. The van der Waals surface area contributed by atoms with E-state index in [0.29, 0.717) is 28.2 Å². The minimum absolute atomic E-state index is 0.117. The summed E-state index contributed by atoms with van der Waals surface area (Å²) in [5.41, 5.74) is 1.46. The van der Waals surface area contributed by atoms with Gasteiger partial charge in [-0.15, -0.1) is 0 Å². The zero-order valence-corrected chi connectivity index (χ0v) is 14.8. The fourth-order valence-electron chi connectivity index (χ4n) is 2.77. The third-order valence-corrected chi connectivity index (χ3v) is 4.31. The van der Waals surface area contributed by atoms with Crippen LogP contribution >= 0.6 is 11.6 Å². The van der Waals surface area contributed by atoms with Crippen LogP contribution in [-0.2, 0) is 0 Å². The molecule has 0 saturated heterocycles. The molecule has 0 aliphatic heterocycles. The van der Waals surface area contributed by atoms with Crippen LogP contribution < -0.4 is 10.9 Å². The van der Waals surface area contributed by atoms with Crippen molar-refractivity contribution in [3.05, 3.63) is 69.7 Å². The number of anilines is 1. The first-order valence-electron chi connectivity index (χ1n) is 8.02. The molecule has 1 aromatic carbocycles. The summed E-state index contributed by atoms with van der Waals surface area (Å²) in [5.74, 6) is -0.246. The number of benzene rings is 1. The van der Waals surface area contributed by atoms with Gasteiger partial charge in [-0.1, -0.05) is 16.8 Å². The molecular formula is C18H13ClFN5O2. The largest absolute Gasteiger partial charge is 0.364 e. The van der Waals surface area contributed by atoms with Crippen LogP contribution in [0.3, 0.4) is 0 Å². The molecule has 4 aromatic rings. The monoisotopic (exact) mass is 385 g/mol. The van der Waals surface area contributed by atoms with Gasteiger partial charge in [-0.2, -0.15) is 0 Å². The average Bonchev–Trinajstić information content (AvgIpc) is 3.17. The molecule has 136 valence electrons. The molecule has 7 nitrogen and oxygen atoms in total. The summed E-state index contributed by atoms with van der Waals surface area (Å²) in [5, 5.41) is 7.48. The van der Waals surface area contributed by atoms with Gasteiger partial charge in [-0.25, -0.2) is 14.4 Å². The van der Waals surface area contributed by atoms with E-state index in [1.165, 1.54) is 6.26 Å². The number of pyridine rings is 1. The summed E-state index contributed by atoms with van der Waals surface area (Å²) in [6.07, 6.45) is 4.61. The van der Waals surface area contributed by atoms with Crippen LogP contribution in [0.2, 0.25) is 5.02 Å². The molecule has 0 aliphatic carbocycles. The predicted molar refractivity (Wildman–Crippen MR) is 99.1 cm³/mol. The van der Waals surface area contributed by atoms with Crippen LogP contribution in [0.4, 0.5) is 10.3 Å². The maximum absolute atomic E-state index is 14.0. The van der Waals surface area contributed by atoms with Crippen LogP contribution in [0.15, 0.2) is 52.2 Å². The number of nitrogens with one attached hydrogen (secondary N) is 2. The van der Waals surface area contributed by atoms with Crippen LogP contribution in [0.25, 0.3) is 22.2 Å². The fourth-order valence-corrected chi connectivity index (χ4v) is 2.98. The van der Waals surface area contributed by atoms with E-state index in [2.05, 4.69) is 25.4 Å². The molecule has 2 N–H and O–H groups in total. The van der Waals surface area contributed by atoms with E-state index >= 15 is 0 Å². The number of aromatic nitrogens is 4. The highest BCUT2D eigenvalue weighted by atomic mass is 35.5. The molecule has 1 atom stereocenters. The maximum atomic E-state index is 14.0. The lowest BCUT2D eigenvalue weighted by molar-refractivity contribution is 0.420. The quantitative estimate of drug-likeness (QED) is 0.552. The van der Waals surface area contributed by atoms with Gasteiger partial charge in [0.15, 0.2) is 0 Å². The third kappa shape index (κ3) is 3.39. The highest BCUT2D eigenvalue weighted by Gasteiger charge is 2.15. The van der Waals surface area contributed by atoms with Gasteiger partial charge < -0.3 is 14.8 Å². The van der Waals surface area contributed by atoms with Crippen LogP contribution in [0.5, 0.6) is 0 Å². The number of rotatable bonds is 4. The van der Waals surface area contributed by atoms with Gasteiger partial charge in [0.2, 0.25) is 5.95 Å². The molecule has 3 heterocycles. The lowest BCUT2D eigenvalue weighted by Gasteiger charge is -2.14. The highest BCUT2D eigenvalue weighted by Crippen LogP contribution is 2.24. The Kier molecular flexibility index (Phi) is 4.33. The summed E-state index contributed by atoms with van der Waals surface area (Å²) in [6.45, 7) is 1.78. The summed E-state index contributed by atoms with van der Waals surface area (Å²) < 4.78 is 18.8. The number of hydrogen-bond acceptors (Lipinski definition) is 6. The van der Waals surface area contributed by atoms with E-state index in [9.17, 15) is 9.18 Å². The molecule has 0 spiro atoms. The molecule has 0 unspecified atom stereocenters. The zero-order valence-electron chi connectivity index (χ0n) is 14.0. The average molecular weight is 386 g/mol. The Bertz CT molecular complexity index is 1180. The van der Waals surface area contributed by atoms with Crippen molar-refractivity contribution in [1.82, 2.24) is 20.1 Å². The van der Waals surface area contributed by atoms with Crippen molar-refractivity contribution in [2.45, 2.75) is 13.0 Å². The van der Waals surface area contributed by atoms with Crippen LogP contribution in [0, 0.1) is 5.82 Å². The van der Waals surface area contributed by atoms with Gasteiger partial charge in [0.05, 0.1) is 29.0 Å². The van der Waals surface area contributed by atoms with Gasteiger partial charge in [-0.05, 0) is 31.2 Å². The number of fused-ring (bicyclic) bond motifs is 1. The maximum Gasteiger partial charge on any atom is 0.253 e. The van der Waals surface area contributed by atoms with Gasteiger partial charge in [-0.3, -0.25) is 4.79 Å². The van der Waals surface area contributed by atoms with Gasteiger partial charge >= 0.3 is 0 Å². The van der Waals surface area contributed by atoms with Crippen molar-refractivity contribution in [2.24, 2.45) is 0 Å². The predicted octanol–water partition coefficient (Wildman–Crippen LogP) is 3.94. The summed E-state index contributed by atoms with van der Waals surface area (Å²) >= 11 is 5.91. The number of nitrogens with zero attached hydrogens (tertiary/aromatic N) is 3. The number of hydrogen-bond donors (Lipinski definition) is 2. The van der Waals surface area contributed by atoms with E-state index in [4.69, 9.17) is 16.1 Å².